The van der Waals surface area contributed by atoms with E-state index in [-0.39, 0.29) is 16.8 Å². The van der Waals surface area contributed by atoms with Crippen LogP contribution >= 0.6 is 0 Å². The minimum Gasteiger partial charge on any atom is -0.488 e. The zero-order valence-corrected chi connectivity index (χ0v) is 16.1. The number of hydrogen-bond acceptors (Lipinski definition) is 5. The van der Waals surface area contributed by atoms with Crippen molar-refractivity contribution in [1.29, 1.82) is 0 Å². The quantitative estimate of drug-likeness (QED) is 0.504. The molecule has 1 aromatic carbocycles. The van der Waals surface area contributed by atoms with Gasteiger partial charge in [0.15, 0.2) is 22.3 Å². The van der Waals surface area contributed by atoms with Crippen LogP contribution in [-0.4, -0.2) is 34.9 Å². The minimum atomic E-state index is -1.83. The van der Waals surface area contributed by atoms with Crippen LogP contribution in [0.15, 0.2) is 59.9 Å². The maximum absolute atomic E-state index is 14.0. The van der Waals surface area contributed by atoms with Gasteiger partial charge in [-0.2, -0.15) is 5.10 Å². The predicted molar refractivity (Wildman–Crippen MR) is 104 cm³/mol. The Kier molecular flexibility index (Phi) is 4.47. The van der Waals surface area contributed by atoms with E-state index in [0.29, 0.717) is 17.8 Å². The average Bonchev–Trinajstić information content (AvgIpc) is 3.20. The molecule has 1 saturated carbocycles. The molecule has 0 spiro atoms. The maximum Gasteiger partial charge on any atom is 0.192 e. The van der Waals surface area contributed by atoms with Gasteiger partial charge >= 0.3 is 0 Å². The molecule has 1 aliphatic carbocycles. The monoisotopic (exact) mass is 412 g/mol. The first kappa shape index (κ1) is 17.8. The van der Waals surface area contributed by atoms with Crippen molar-refractivity contribution in [1.82, 2.24) is 24.6 Å². The summed E-state index contributed by atoms with van der Waals surface area (Å²) >= 11 is 0. The lowest BCUT2D eigenvalue weighted by Gasteiger charge is -2.11. The Labute approximate surface area is 167 Å². The number of rotatable bonds is 7. The molecule has 29 heavy (non-hydrogen) atoms. The Hall–Kier alpha value is -3.27. The maximum atomic E-state index is 14.0. The van der Waals surface area contributed by atoms with E-state index in [1.54, 1.807) is 27.5 Å². The van der Waals surface area contributed by atoms with Crippen LogP contribution in [0.4, 0.5) is 10.2 Å². The van der Waals surface area contributed by atoms with Gasteiger partial charge in [-0.05, 0) is 42.7 Å². The van der Waals surface area contributed by atoms with E-state index in [4.69, 9.17) is 4.74 Å². The molecular formula is C19H17FN6O2S. The van der Waals surface area contributed by atoms with Gasteiger partial charge in [0.05, 0.1) is 17.5 Å². The lowest BCUT2D eigenvalue weighted by atomic mass is 10.2. The van der Waals surface area contributed by atoms with Crippen LogP contribution in [0.25, 0.3) is 5.52 Å². The van der Waals surface area contributed by atoms with Gasteiger partial charge in [0.25, 0.3) is 0 Å². The van der Waals surface area contributed by atoms with Crippen molar-refractivity contribution >= 4 is 22.3 Å². The average molecular weight is 412 g/mol. The van der Waals surface area contributed by atoms with Crippen LogP contribution < -0.4 is 9.46 Å². The van der Waals surface area contributed by atoms with Gasteiger partial charge in [-0.1, -0.05) is 17.3 Å². The van der Waals surface area contributed by atoms with Crippen molar-refractivity contribution in [3.63, 3.8) is 0 Å². The van der Waals surface area contributed by atoms with E-state index in [9.17, 15) is 8.60 Å². The molecule has 4 aromatic rings. The molecule has 10 heteroatoms. The number of ether oxygens (including phenoxy) is 1. The molecule has 148 valence electrons. The normalized spacial score (nSPS) is 14.8. The molecule has 0 radical (unpaired) electrons. The highest BCUT2D eigenvalue weighted by atomic mass is 32.2. The molecule has 0 aliphatic heterocycles. The van der Waals surface area contributed by atoms with Gasteiger partial charge in [0, 0.05) is 18.6 Å². The first-order chi connectivity index (χ1) is 14.2. The second-order valence-corrected chi connectivity index (χ2v) is 7.95. The van der Waals surface area contributed by atoms with E-state index >= 15 is 0 Å². The number of hydrogen-bond donors (Lipinski definition) is 1. The van der Waals surface area contributed by atoms with E-state index in [2.05, 4.69) is 20.1 Å². The second-order valence-electron chi connectivity index (χ2n) is 6.77. The summed E-state index contributed by atoms with van der Waals surface area (Å²) in [6.45, 7) is 0.549. The highest BCUT2D eigenvalue weighted by Crippen LogP contribution is 2.33. The molecule has 5 rings (SSSR count). The molecule has 3 aromatic heterocycles. The molecular weight excluding hydrogens is 395 g/mol. The summed E-state index contributed by atoms with van der Waals surface area (Å²) in [6.07, 6.45) is 7.54. The standard InChI is InChI=1S/C19H17FN6O2S/c20-15-4-1-2-5-17(15)29(27)23-19-18-16(28-14-6-7-14)10-13(12-26(18)24-22-19)11-25-9-3-8-21-25/h1-5,8-10,12,14,23H,6-7,11H2. The Bertz CT molecular complexity index is 1190. The molecule has 1 atom stereocenters. The van der Waals surface area contributed by atoms with Crippen molar-refractivity contribution in [3.8, 4) is 5.75 Å². The van der Waals surface area contributed by atoms with E-state index < -0.39 is 16.8 Å². The van der Waals surface area contributed by atoms with Crippen LogP contribution in [0, 0.1) is 5.82 Å². The number of nitrogens with one attached hydrogen (secondary N) is 1. The molecule has 0 bridgehead atoms. The van der Waals surface area contributed by atoms with Gasteiger partial charge in [-0.15, -0.1) is 5.10 Å². The van der Waals surface area contributed by atoms with Crippen molar-refractivity contribution in [2.45, 2.75) is 30.4 Å². The van der Waals surface area contributed by atoms with Crippen LogP contribution in [0.1, 0.15) is 18.4 Å². The minimum absolute atomic E-state index is 0.0496. The Morgan fingerprint density at radius 2 is 2.14 bits per heavy atom. The van der Waals surface area contributed by atoms with Crippen molar-refractivity contribution in [3.05, 3.63) is 66.4 Å². The number of halogens is 1. The van der Waals surface area contributed by atoms with Gasteiger partial charge in [0.1, 0.15) is 11.6 Å². The lowest BCUT2D eigenvalue weighted by Crippen LogP contribution is -2.08. The molecule has 8 nitrogen and oxygen atoms in total. The van der Waals surface area contributed by atoms with Crippen LogP contribution in [0.3, 0.4) is 0 Å². The third-order valence-electron chi connectivity index (χ3n) is 4.48. The second kappa shape index (κ2) is 7.28. The van der Waals surface area contributed by atoms with Gasteiger partial charge in [-0.3, -0.25) is 9.40 Å². The molecule has 1 unspecified atom stereocenters. The molecule has 0 amide bonds. The number of benzene rings is 1. The van der Waals surface area contributed by atoms with Crippen molar-refractivity contribution in [2.24, 2.45) is 0 Å². The van der Waals surface area contributed by atoms with Crippen LogP contribution in [-0.2, 0) is 17.5 Å². The fourth-order valence-electron chi connectivity index (χ4n) is 2.97. The molecule has 1 N–H and O–H groups in total. The number of nitrogens with zero attached hydrogens (tertiary/aromatic N) is 5. The fourth-order valence-corrected chi connectivity index (χ4v) is 3.84. The summed E-state index contributed by atoms with van der Waals surface area (Å²) in [5, 5.41) is 12.5. The van der Waals surface area contributed by atoms with Crippen molar-refractivity contribution < 1.29 is 13.3 Å². The fraction of sp³-hybridized carbons (Fsp3) is 0.211. The first-order valence-corrected chi connectivity index (χ1v) is 10.3. The number of fused-ring (bicyclic) bond motifs is 1. The smallest absolute Gasteiger partial charge is 0.192 e. The zero-order chi connectivity index (χ0) is 19.8. The summed E-state index contributed by atoms with van der Waals surface area (Å²) in [6, 6.07) is 9.68. The molecule has 1 fully saturated rings. The molecule has 1 aliphatic rings. The first-order valence-electron chi connectivity index (χ1n) is 9.12. The summed E-state index contributed by atoms with van der Waals surface area (Å²) in [5.74, 6) is 0.314. The highest BCUT2D eigenvalue weighted by molar-refractivity contribution is 7.86. The van der Waals surface area contributed by atoms with Crippen LogP contribution in [0.5, 0.6) is 5.75 Å². The predicted octanol–water partition coefficient (Wildman–Crippen LogP) is 2.79. The number of aromatic nitrogens is 5. The number of pyridine rings is 1. The van der Waals surface area contributed by atoms with Crippen molar-refractivity contribution in [2.75, 3.05) is 4.72 Å². The lowest BCUT2D eigenvalue weighted by molar-refractivity contribution is 0.305. The third-order valence-corrected chi connectivity index (χ3v) is 5.59. The molecule has 0 saturated heterocycles. The summed E-state index contributed by atoms with van der Waals surface area (Å²) in [7, 11) is -1.83. The van der Waals surface area contributed by atoms with E-state index in [0.717, 1.165) is 18.4 Å². The van der Waals surface area contributed by atoms with Gasteiger partial charge in [-0.25, -0.2) is 13.1 Å². The molecule has 3 heterocycles. The topological polar surface area (TPSA) is 86.3 Å². The van der Waals surface area contributed by atoms with E-state index in [1.807, 2.05) is 24.5 Å². The van der Waals surface area contributed by atoms with Gasteiger partial charge in [0.2, 0.25) is 0 Å². The Balaban J connectivity index is 1.51. The zero-order valence-electron chi connectivity index (χ0n) is 15.2. The summed E-state index contributed by atoms with van der Waals surface area (Å²) in [4.78, 5) is 0.0496. The largest absolute Gasteiger partial charge is 0.488 e. The number of anilines is 1. The van der Waals surface area contributed by atoms with Gasteiger partial charge < -0.3 is 4.74 Å². The summed E-state index contributed by atoms with van der Waals surface area (Å²) < 4.78 is 38.8. The van der Waals surface area contributed by atoms with E-state index in [1.165, 1.54) is 12.1 Å². The third kappa shape index (κ3) is 3.70. The Morgan fingerprint density at radius 3 is 2.90 bits per heavy atom. The highest BCUT2D eigenvalue weighted by Gasteiger charge is 2.26. The summed E-state index contributed by atoms with van der Waals surface area (Å²) in [5.41, 5.74) is 1.49. The Morgan fingerprint density at radius 1 is 1.28 bits per heavy atom. The SMILES string of the molecule is O=S(Nc1nnn2cc(Cn3cccn3)cc(OC3CC3)c12)c1ccccc1F. The van der Waals surface area contributed by atoms with Crippen LogP contribution in [0.2, 0.25) is 0 Å².